The quantitative estimate of drug-likeness (QED) is 0.534. The van der Waals surface area contributed by atoms with E-state index in [1.807, 2.05) is 36.4 Å². The minimum Gasteiger partial charge on any atom is -0.151 e. The minimum absolute atomic E-state index is 0.551. The number of halogens is 2. The van der Waals surface area contributed by atoms with Crippen molar-refractivity contribution in [3.63, 3.8) is 0 Å². The van der Waals surface area contributed by atoms with Crippen LogP contribution in [0.25, 0.3) is 0 Å². The van der Waals surface area contributed by atoms with Gasteiger partial charge in [-0.25, -0.2) is 0 Å². The Bertz CT molecular complexity index is 447. The maximum absolute atomic E-state index is 5.92. The molecule has 0 aliphatic heterocycles. The summed E-state index contributed by atoms with van der Waals surface area (Å²) in [5.74, 6) is 0. The maximum atomic E-state index is 5.92. The van der Waals surface area contributed by atoms with Crippen LogP contribution >= 0.6 is 23.2 Å². The van der Waals surface area contributed by atoms with E-state index in [2.05, 4.69) is 10.2 Å². The second-order valence-corrected chi connectivity index (χ2v) is 5.01. The molecule has 0 radical (unpaired) electrons. The van der Waals surface area contributed by atoms with Gasteiger partial charge in [0.05, 0.1) is 11.4 Å². The van der Waals surface area contributed by atoms with Crippen LogP contribution < -0.4 is 0 Å². The maximum Gasteiger partial charge on any atom is 0.140 e. The highest BCUT2D eigenvalue weighted by atomic mass is 35.5. The van der Waals surface area contributed by atoms with Crippen molar-refractivity contribution in [2.24, 2.45) is 10.2 Å². The van der Waals surface area contributed by atoms with Crippen LogP contribution in [-0.2, 0) is 0 Å². The molecular formula is C12H10Cl2N2. The minimum atomic E-state index is -0.800. The molecule has 0 fully saturated rings. The van der Waals surface area contributed by atoms with Gasteiger partial charge in [0.15, 0.2) is 0 Å². The van der Waals surface area contributed by atoms with Gasteiger partial charge in [-0.1, -0.05) is 47.5 Å². The lowest BCUT2D eigenvalue weighted by molar-refractivity contribution is 0.934. The standard InChI is InChI=1S/C12H10Cl2N2/c13-12(14)8-6-11(7-9-12)16-15-10-4-2-1-3-5-10/h1-8H,9H2. The van der Waals surface area contributed by atoms with Gasteiger partial charge in [-0.2, -0.15) is 10.2 Å². The van der Waals surface area contributed by atoms with Gasteiger partial charge in [-0.3, -0.25) is 0 Å². The molecule has 16 heavy (non-hydrogen) atoms. The molecule has 0 saturated heterocycles. The molecule has 1 aromatic rings. The number of azo groups is 1. The molecule has 2 rings (SSSR count). The van der Waals surface area contributed by atoms with E-state index in [1.54, 1.807) is 12.2 Å². The van der Waals surface area contributed by atoms with Gasteiger partial charge < -0.3 is 0 Å². The average molecular weight is 253 g/mol. The van der Waals surface area contributed by atoms with Crippen molar-refractivity contribution in [3.8, 4) is 0 Å². The van der Waals surface area contributed by atoms with Crippen molar-refractivity contribution in [2.45, 2.75) is 10.8 Å². The third-order valence-corrected chi connectivity index (χ3v) is 2.68. The van der Waals surface area contributed by atoms with Crippen molar-refractivity contribution in [2.75, 3.05) is 0 Å². The Balaban J connectivity index is 2.05. The van der Waals surface area contributed by atoms with Gasteiger partial charge in [0.1, 0.15) is 4.33 Å². The second kappa shape index (κ2) is 4.81. The average Bonchev–Trinajstić information content (AvgIpc) is 2.29. The molecular weight excluding hydrogens is 243 g/mol. The second-order valence-electron chi connectivity index (χ2n) is 3.46. The summed E-state index contributed by atoms with van der Waals surface area (Å²) < 4.78 is -0.800. The van der Waals surface area contributed by atoms with Gasteiger partial charge in [0.25, 0.3) is 0 Å². The summed E-state index contributed by atoms with van der Waals surface area (Å²) in [5.41, 5.74) is 1.60. The number of alkyl halides is 2. The lowest BCUT2D eigenvalue weighted by atomic mass is 10.1. The highest BCUT2D eigenvalue weighted by molar-refractivity contribution is 6.50. The molecule has 4 heteroatoms. The predicted octanol–water partition coefficient (Wildman–Crippen LogP) is 4.79. The van der Waals surface area contributed by atoms with Crippen molar-refractivity contribution in [3.05, 3.63) is 54.3 Å². The van der Waals surface area contributed by atoms with Gasteiger partial charge in [-0.05, 0) is 24.3 Å². The fourth-order valence-electron chi connectivity index (χ4n) is 1.27. The first kappa shape index (κ1) is 11.4. The van der Waals surface area contributed by atoms with E-state index in [9.17, 15) is 0 Å². The molecule has 1 aromatic carbocycles. The van der Waals surface area contributed by atoms with Crippen molar-refractivity contribution in [1.29, 1.82) is 0 Å². The Morgan fingerprint density at radius 1 is 1.06 bits per heavy atom. The Kier molecular flexibility index (Phi) is 3.42. The third-order valence-electron chi connectivity index (χ3n) is 2.12. The monoisotopic (exact) mass is 252 g/mol. The Morgan fingerprint density at radius 3 is 2.44 bits per heavy atom. The van der Waals surface area contributed by atoms with E-state index < -0.39 is 4.33 Å². The smallest absolute Gasteiger partial charge is 0.140 e. The van der Waals surface area contributed by atoms with Gasteiger partial charge in [0.2, 0.25) is 0 Å². The molecule has 1 aliphatic carbocycles. The molecule has 0 saturated carbocycles. The largest absolute Gasteiger partial charge is 0.151 e. The van der Waals surface area contributed by atoms with Crippen LogP contribution in [0.3, 0.4) is 0 Å². The van der Waals surface area contributed by atoms with E-state index in [4.69, 9.17) is 23.2 Å². The van der Waals surface area contributed by atoms with Gasteiger partial charge >= 0.3 is 0 Å². The molecule has 0 N–H and O–H groups in total. The fourth-order valence-corrected chi connectivity index (χ4v) is 1.55. The highest BCUT2D eigenvalue weighted by Gasteiger charge is 2.21. The van der Waals surface area contributed by atoms with Crippen LogP contribution in [-0.4, -0.2) is 4.33 Å². The number of allylic oxidation sites excluding steroid dienone is 3. The summed E-state index contributed by atoms with van der Waals surface area (Å²) in [4.78, 5) is 0. The van der Waals surface area contributed by atoms with Crippen LogP contribution in [0.4, 0.5) is 5.69 Å². The molecule has 0 aromatic heterocycles. The SMILES string of the molecule is ClC1(Cl)C=CC(N=Nc2ccccc2)=CC1. The predicted molar refractivity (Wildman–Crippen MR) is 67.2 cm³/mol. The molecule has 0 bridgehead atoms. The number of benzene rings is 1. The molecule has 0 unspecified atom stereocenters. The normalized spacial score (nSPS) is 18.8. The van der Waals surface area contributed by atoms with Crippen molar-refractivity contribution in [1.82, 2.24) is 0 Å². The fraction of sp³-hybridized carbons (Fsp3) is 0.167. The van der Waals surface area contributed by atoms with Crippen LogP contribution in [0.1, 0.15) is 6.42 Å². The number of hydrogen-bond acceptors (Lipinski definition) is 2. The van der Waals surface area contributed by atoms with Crippen molar-refractivity contribution < 1.29 is 0 Å². The third kappa shape index (κ3) is 3.19. The zero-order valence-corrected chi connectivity index (χ0v) is 9.99. The van der Waals surface area contributed by atoms with E-state index in [-0.39, 0.29) is 0 Å². The van der Waals surface area contributed by atoms with Crippen LogP contribution in [0, 0.1) is 0 Å². The Hall–Kier alpha value is -1.12. The zero-order valence-electron chi connectivity index (χ0n) is 8.48. The van der Waals surface area contributed by atoms with Gasteiger partial charge in [0, 0.05) is 6.42 Å². The zero-order chi connectivity index (χ0) is 11.4. The van der Waals surface area contributed by atoms with Crippen molar-refractivity contribution >= 4 is 28.9 Å². The van der Waals surface area contributed by atoms with Crippen LogP contribution in [0.15, 0.2) is 64.5 Å². The first-order valence-corrected chi connectivity index (χ1v) is 5.65. The van der Waals surface area contributed by atoms with Gasteiger partial charge in [-0.15, -0.1) is 0 Å². The molecule has 0 heterocycles. The van der Waals surface area contributed by atoms with E-state index >= 15 is 0 Å². The molecule has 0 spiro atoms. The summed E-state index contributed by atoms with van der Waals surface area (Å²) in [7, 11) is 0. The summed E-state index contributed by atoms with van der Waals surface area (Å²) in [6.07, 6.45) is 5.91. The summed E-state index contributed by atoms with van der Waals surface area (Å²) in [6.45, 7) is 0. The van der Waals surface area contributed by atoms with E-state index in [0.717, 1.165) is 11.4 Å². The lowest BCUT2D eigenvalue weighted by Crippen LogP contribution is -2.09. The van der Waals surface area contributed by atoms with E-state index in [0.29, 0.717) is 6.42 Å². The topological polar surface area (TPSA) is 24.7 Å². The number of rotatable bonds is 2. The molecule has 0 amide bonds. The molecule has 2 nitrogen and oxygen atoms in total. The van der Waals surface area contributed by atoms with Crippen LogP contribution in [0.2, 0.25) is 0 Å². The summed E-state index contributed by atoms with van der Waals surface area (Å²) >= 11 is 11.8. The number of nitrogens with zero attached hydrogens (tertiary/aromatic N) is 2. The first-order chi connectivity index (χ1) is 7.66. The van der Waals surface area contributed by atoms with Crippen LogP contribution in [0.5, 0.6) is 0 Å². The Morgan fingerprint density at radius 2 is 1.81 bits per heavy atom. The summed E-state index contributed by atoms with van der Waals surface area (Å²) in [6, 6.07) is 9.56. The lowest BCUT2D eigenvalue weighted by Gasteiger charge is -2.15. The number of hydrogen-bond donors (Lipinski definition) is 0. The summed E-state index contributed by atoms with van der Waals surface area (Å²) in [5, 5.41) is 8.20. The molecule has 0 atom stereocenters. The first-order valence-electron chi connectivity index (χ1n) is 4.90. The molecule has 1 aliphatic rings. The molecule has 82 valence electrons. The highest BCUT2D eigenvalue weighted by Crippen LogP contribution is 2.32. The van der Waals surface area contributed by atoms with E-state index in [1.165, 1.54) is 0 Å². The Labute approximate surface area is 104 Å².